The smallest absolute Gasteiger partial charge is 0.239 e. The quantitative estimate of drug-likeness (QED) is 0.752. The van der Waals surface area contributed by atoms with E-state index in [1.54, 1.807) is 0 Å². The minimum atomic E-state index is -0.0446. The SMILES string of the molecule is Cc1c(NCC(=O)NC(C)C)cccc1NC(=O)C1CC1. The topological polar surface area (TPSA) is 70.2 Å². The molecule has 1 aliphatic carbocycles. The Bertz CT molecular complexity index is 536. The molecule has 0 unspecified atom stereocenters. The molecule has 2 rings (SSSR count). The van der Waals surface area contributed by atoms with Crippen LogP contribution in [0.2, 0.25) is 0 Å². The molecule has 1 aromatic carbocycles. The van der Waals surface area contributed by atoms with Crippen molar-refractivity contribution in [2.24, 2.45) is 5.92 Å². The Labute approximate surface area is 125 Å². The number of benzene rings is 1. The summed E-state index contributed by atoms with van der Waals surface area (Å²) in [5.41, 5.74) is 2.62. The third-order valence-electron chi connectivity index (χ3n) is 3.43. The van der Waals surface area contributed by atoms with Crippen LogP contribution in [0.25, 0.3) is 0 Å². The van der Waals surface area contributed by atoms with Gasteiger partial charge in [-0.05, 0) is 51.3 Å². The summed E-state index contributed by atoms with van der Waals surface area (Å²) in [5.74, 6) is 0.224. The normalized spacial score (nSPS) is 13.9. The second kappa shape index (κ2) is 6.61. The average Bonchev–Trinajstić information content (AvgIpc) is 3.23. The first-order chi connectivity index (χ1) is 9.97. The van der Waals surface area contributed by atoms with Crippen molar-refractivity contribution in [1.82, 2.24) is 5.32 Å². The number of hydrogen-bond acceptors (Lipinski definition) is 3. The Morgan fingerprint density at radius 1 is 1.24 bits per heavy atom. The van der Waals surface area contributed by atoms with Gasteiger partial charge in [0.2, 0.25) is 11.8 Å². The van der Waals surface area contributed by atoms with Crippen LogP contribution in [0.4, 0.5) is 11.4 Å². The van der Waals surface area contributed by atoms with Crippen LogP contribution >= 0.6 is 0 Å². The zero-order valence-electron chi connectivity index (χ0n) is 12.8. The van der Waals surface area contributed by atoms with Gasteiger partial charge in [-0.3, -0.25) is 9.59 Å². The highest BCUT2D eigenvalue weighted by Crippen LogP contribution is 2.31. The number of carbonyl (C=O) groups excluding carboxylic acids is 2. The van der Waals surface area contributed by atoms with Crippen LogP contribution in [0.15, 0.2) is 18.2 Å². The fourth-order valence-corrected chi connectivity index (χ4v) is 2.09. The Morgan fingerprint density at radius 3 is 2.52 bits per heavy atom. The summed E-state index contributed by atoms with van der Waals surface area (Å²) in [5, 5.41) is 8.90. The summed E-state index contributed by atoms with van der Waals surface area (Å²) in [6.07, 6.45) is 1.97. The number of carbonyl (C=O) groups is 2. The van der Waals surface area contributed by atoms with Crippen LogP contribution < -0.4 is 16.0 Å². The van der Waals surface area contributed by atoms with Crippen LogP contribution in [0.3, 0.4) is 0 Å². The van der Waals surface area contributed by atoms with Crippen molar-refractivity contribution in [3.05, 3.63) is 23.8 Å². The molecule has 114 valence electrons. The molecule has 0 atom stereocenters. The van der Waals surface area contributed by atoms with Crippen LogP contribution in [0.1, 0.15) is 32.3 Å². The molecule has 0 heterocycles. The Balaban J connectivity index is 1.96. The van der Waals surface area contributed by atoms with Gasteiger partial charge >= 0.3 is 0 Å². The molecule has 0 bridgehead atoms. The fourth-order valence-electron chi connectivity index (χ4n) is 2.09. The van der Waals surface area contributed by atoms with Crippen LogP contribution in [-0.2, 0) is 9.59 Å². The Kier molecular flexibility index (Phi) is 4.83. The summed E-state index contributed by atoms with van der Waals surface area (Å²) in [6.45, 7) is 6.01. The minimum Gasteiger partial charge on any atom is -0.376 e. The highest BCUT2D eigenvalue weighted by Gasteiger charge is 2.29. The van der Waals surface area contributed by atoms with Crippen molar-refractivity contribution < 1.29 is 9.59 Å². The predicted octanol–water partition coefficient (Wildman–Crippen LogP) is 2.28. The van der Waals surface area contributed by atoms with E-state index in [4.69, 9.17) is 0 Å². The number of hydrogen-bond donors (Lipinski definition) is 3. The van der Waals surface area contributed by atoms with Gasteiger partial charge in [-0.25, -0.2) is 0 Å². The van der Waals surface area contributed by atoms with Gasteiger partial charge in [0.25, 0.3) is 0 Å². The maximum atomic E-state index is 11.8. The van der Waals surface area contributed by atoms with Gasteiger partial charge in [-0.1, -0.05) is 6.07 Å². The molecule has 0 radical (unpaired) electrons. The number of rotatable bonds is 6. The van der Waals surface area contributed by atoms with E-state index >= 15 is 0 Å². The van der Waals surface area contributed by atoms with Gasteiger partial charge in [0.05, 0.1) is 6.54 Å². The van der Waals surface area contributed by atoms with Crippen LogP contribution in [0, 0.1) is 12.8 Å². The molecule has 1 fully saturated rings. The molecule has 0 aromatic heterocycles. The molecular weight excluding hydrogens is 266 g/mol. The van der Waals surface area contributed by atoms with E-state index in [0.717, 1.165) is 29.8 Å². The lowest BCUT2D eigenvalue weighted by atomic mass is 10.1. The molecule has 0 spiro atoms. The second-order valence-corrected chi connectivity index (χ2v) is 5.82. The van der Waals surface area contributed by atoms with Gasteiger partial charge in [0.1, 0.15) is 0 Å². The lowest BCUT2D eigenvalue weighted by Gasteiger charge is -2.15. The highest BCUT2D eigenvalue weighted by molar-refractivity contribution is 5.95. The summed E-state index contributed by atoms with van der Waals surface area (Å²) in [4.78, 5) is 23.5. The van der Waals surface area contributed by atoms with Crippen molar-refractivity contribution in [1.29, 1.82) is 0 Å². The van der Waals surface area contributed by atoms with E-state index in [1.165, 1.54) is 0 Å². The molecule has 5 nitrogen and oxygen atoms in total. The highest BCUT2D eigenvalue weighted by atomic mass is 16.2. The van der Waals surface area contributed by atoms with Gasteiger partial charge in [-0.15, -0.1) is 0 Å². The van der Waals surface area contributed by atoms with Crippen molar-refractivity contribution in [2.75, 3.05) is 17.2 Å². The van der Waals surface area contributed by atoms with E-state index in [-0.39, 0.29) is 30.3 Å². The predicted molar refractivity (Wildman–Crippen MR) is 84.3 cm³/mol. The summed E-state index contributed by atoms with van der Waals surface area (Å²) in [6, 6.07) is 5.79. The first kappa shape index (κ1) is 15.4. The maximum Gasteiger partial charge on any atom is 0.239 e. The number of nitrogens with one attached hydrogen (secondary N) is 3. The minimum absolute atomic E-state index is 0.0446. The monoisotopic (exact) mass is 289 g/mol. The molecule has 1 saturated carbocycles. The molecular formula is C16H23N3O2. The third-order valence-corrected chi connectivity index (χ3v) is 3.43. The van der Waals surface area contributed by atoms with Crippen LogP contribution in [-0.4, -0.2) is 24.4 Å². The Hall–Kier alpha value is -2.04. The van der Waals surface area contributed by atoms with Gasteiger partial charge in [0.15, 0.2) is 0 Å². The van der Waals surface area contributed by atoms with E-state index in [2.05, 4.69) is 16.0 Å². The maximum absolute atomic E-state index is 11.8. The van der Waals surface area contributed by atoms with E-state index < -0.39 is 0 Å². The molecule has 1 aromatic rings. The molecule has 3 N–H and O–H groups in total. The van der Waals surface area contributed by atoms with E-state index in [1.807, 2.05) is 39.0 Å². The van der Waals surface area contributed by atoms with Gasteiger partial charge in [0, 0.05) is 23.3 Å². The summed E-state index contributed by atoms with van der Waals surface area (Å²) >= 11 is 0. The molecule has 0 aliphatic heterocycles. The lowest BCUT2D eigenvalue weighted by molar-refractivity contribution is -0.120. The first-order valence-corrected chi connectivity index (χ1v) is 7.41. The lowest BCUT2D eigenvalue weighted by Crippen LogP contribution is -2.34. The zero-order valence-corrected chi connectivity index (χ0v) is 12.8. The average molecular weight is 289 g/mol. The Morgan fingerprint density at radius 2 is 1.90 bits per heavy atom. The van der Waals surface area contributed by atoms with E-state index in [0.29, 0.717) is 0 Å². The molecule has 1 aliphatic rings. The van der Waals surface area contributed by atoms with Crippen molar-refractivity contribution in [2.45, 2.75) is 39.7 Å². The van der Waals surface area contributed by atoms with Crippen molar-refractivity contribution in [3.63, 3.8) is 0 Å². The molecule has 21 heavy (non-hydrogen) atoms. The third kappa shape index (κ3) is 4.48. The van der Waals surface area contributed by atoms with Gasteiger partial charge < -0.3 is 16.0 Å². The van der Waals surface area contributed by atoms with Gasteiger partial charge in [-0.2, -0.15) is 0 Å². The van der Waals surface area contributed by atoms with Crippen molar-refractivity contribution >= 4 is 23.2 Å². The largest absolute Gasteiger partial charge is 0.376 e. The zero-order chi connectivity index (χ0) is 15.4. The van der Waals surface area contributed by atoms with Crippen LogP contribution in [0.5, 0.6) is 0 Å². The standard InChI is InChI=1S/C16H23N3O2/c1-10(2)18-15(20)9-17-13-5-4-6-14(11(13)3)19-16(21)12-7-8-12/h4-6,10,12,17H,7-9H2,1-3H3,(H,18,20)(H,19,21). The molecule has 0 saturated heterocycles. The molecule has 2 amide bonds. The molecule has 5 heteroatoms. The summed E-state index contributed by atoms with van der Waals surface area (Å²) < 4.78 is 0. The van der Waals surface area contributed by atoms with E-state index in [9.17, 15) is 9.59 Å². The van der Waals surface area contributed by atoms with Crippen molar-refractivity contribution in [3.8, 4) is 0 Å². The second-order valence-electron chi connectivity index (χ2n) is 5.82. The number of amides is 2. The summed E-state index contributed by atoms with van der Waals surface area (Å²) in [7, 11) is 0. The fraction of sp³-hybridized carbons (Fsp3) is 0.500. The first-order valence-electron chi connectivity index (χ1n) is 7.41. The number of anilines is 2.